The zero-order valence-electron chi connectivity index (χ0n) is 22.3. The van der Waals surface area contributed by atoms with E-state index in [1.165, 1.54) is 32.4 Å². The molecule has 0 saturated carbocycles. The van der Waals surface area contributed by atoms with Crippen molar-refractivity contribution in [3.8, 4) is 5.88 Å². The molecule has 198 valence electrons. The monoisotopic (exact) mass is 506 g/mol. The van der Waals surface area contributed by atoms with Gasteiger partial charge in [-0.1, -0.05) is 25.9 Å². The maximum atomic E-state index is 12.9. The average molecular weight is 507 g/mol. The van der Waals surface area contributed by atoms with Crippen LogP contribution >= 0.6 is 0 Å². The van der Waals surface area contributed by atoms with Crippen LogP contribution in [0.1, 0.15) is 68.1 Å². The third-order valence-corrected chi connectivity index (χ3v) is 6.67. The third-order valence-electron chi connectivity index (χ3n) is 6.67. The van der Waals surface area contributed by atoms with Crippen molar-refractivity contribution in [3.05, 3.63) is 59.5 Å². The zero-order valence-corrected chi connectivity index (χ0v) is 22.3. The van der Waals surface area contributed by atoms with Crippen LogP contribution < -0.4 is 15.4 Å². The molecule has 1 aliphatic heterocycles. The molecule has 37 heavy (non-hydrogen) atoms. The van der Waals surface area contributed by atoms with E-state index in [2.05, 4.69) is 37.7 Å². The van der Waals surface area contributed by atoms with E-state index in [9.17, 15) is 4.79 Å². The van der Waals surface area contributed by atoms with Crippen molar-refractivity contribution < 1.29 is 14.1 Å². The van der Waals surface area contributed by atoms with Gasteiger partial charge in [-0.2, -0.15) is 0 Å². The summed E-state index contributed by atoms with van der Waals surface area (Å²) in [5.41, 5.74) is 2.00. The van der Waals surface area contributed by atoms with Crippen LogP contribution in [-0.2, 0) is 12.0 Å². The maximum Gasteiger partial charge on any atom is 0.261 e. The van der Waals surface area contributed by atoms with Crippen molar-refractivity contribution >= 4 is 17.6 Å². The number of hydrogen-bond acceptors (Lipinski definition) is 8. The number of pyridine rings is 2. The van der Waals surface area contributed by atoms with Gasteiger partial charge in [0.1, 0.15) is 5.82 Å². The first-order valence-corrected chi connectivity index (χ1v) is 13.0. The Labute approximate surface area is 219 Å². The van der Waals surface area contributed by atoms with Gasteiger partial charge in [-0.3, -0.25) is 10.1 Å². The van der Waals surface area contributed by atoms with Gasteiger partial charge >= 0.3 is 0 Å². The van der Waals surface area contributed by atoms with Crippen LogP contribution in [0.5, 0.6) is 5.88 Å². The predicted molar refractivity (Wildman–Crippen MR) is 144 cm³/mol. The largest absolute Gasteiger partial charge is 0.478 e. The summed E-state index contributed by atoms with van der Waals surface area (Å²) in [6.07, 6.45) is 8.18. The molecule has 1 saturated heterocycles. The second-order valence-electron chi connectivity index (χ2n) is 10.8. The van der Waals surface area contributed by atoms with Gasteiger partial charge in [0.25, 0.3) is 5.91 Å². The van der Waals surface area contributed by atoms with E-state index in [-0.39, 0.29) is 11.3 Å². The standard InChI is InChI=1S/C28H38N6O3/c1-28(2,3)23-18-25(37-33-23)32-27(35)22-8-5-12-30-26(22)31-19-21-9-13-29-24(17-21)36-16-6-7-20-10-14-34(4)15-11-20/h5,8-9,12-13,17-18,20H,6-7,10-11,14-16,19H2,1-4H3,(H,30,31)(H,32,35). The van der Waals surface area contributed by atoms with Crippen LogP contribution in [0.4, 0.5) is 11.7 Å². The van der Waals surface area contributed by atoms with Crippen LogP contribution in [0.25, 0.3) is 0 Å². The van der Waals surface area contributed by atoms with Crippen molar-refractivity contribution in [2.75, 3.05) is 37.4 Å². The Morgan fingerprint density at radius 3 is 2.73 bits per heavy atom. The third kappa shape index (κ3) is 7.76. The first kappa shape index (κ1) is 26.6. The van der Waals surface area contributed by atoms with E-state index in [0.29, 0.717) is 36.3 Å². The number of anilines is 2. The lowest BCUT2D eigenvalue weighted by molar-refractivity contribution is 0.102. The van der Waals surface area contributed by atoms with E-state index < -0.39 is 0 Å². The number of hydrogen-bond donors (Lipinski definition) is 2. The number of ether oxygens (including phenoxy) is 1. The average Bonchev–Trinajstić information content (AvgIpc) is 3.36. The number of nitrogens with zero attached hydrogens (tertiary/aromatic N) is 4. The fourth-order valence-corrected chi connectivity index (χ4v) is 4.32. The highest BCUT2D eigenvalue weighted by molar-refractivity contribution is 6.06. The van der Waals surface area contributed by atoms with Crippen molar-refractivity contribution in [1.29, 1.82) is 0 Å². The van der Waals surface area contributed by atoms with Crippen LogP contribution in [0.15, 0.2) is 47.2 Å². The Bertz CT molecular complexity index is 1160. The van der Waals surface area contributed by atoms with Crippen LogP contribution in [-0.4, -0.2) is 52.7 Å². The van der Waals surface area contributed by atoms with Crippen LogP contribution in [0, 0.1) is 5.92 Å². The Hall–Kier alpha value is -3.46. The molecule has 0 unspecified atom stereocenters. The van der Waals surface area contributed by atoms with Gasteiger partial charge in [0.05, 0.1) is 17.9 Å². The van der Waals surface area contributed by atoms with Gasteiger partial charge in [-0.15, -0.1) is 0 Å². The summed E-state index contributed by atoms with van der Waals surface area (Å²) in [7, 11) is 2.19. The Morgan fingerprint density at radius 2 is 1.97 bits per heavy atom. The van der Waals surface area contributed by atoms with Gasteiger partial charge in [-0.25, -0.2) is 9.97 Å². The number of amides is 1. The van der Waals surface area contributed by atoms with E-state index in [1.54, 1.807) is 30.6 Å². The highest BCUT2D eigenvalue weighted by Gasteiger charge is 2.21. The van der Waals surface area contributed by atoms with Crippen molar-refractivity contribution in [3.63, 3.8) is 0 Å². The molecule has 3 aromatic rings. The normalized spacial score (nSPS) is 14.9. The molecule has 4 heterocycles. The number of piperidine rings is 1. The lowest BCUT2D eigenvalue weighted by atomic mass is 9.92. The number of carbonyl (C=O) groups excluding carboxylic acids is 1. The van der Waals surface area contributed by atoms with Gasteiger partial charge in [0, 0.05) is 36.5 Å². The summed E-state index contributed by atoms with van der Waals surface area (Å²) in [5.74, 6) is 1.87. The summed E-state index contributed by atoms with van der Waals surface area (Å²) in [6, 6.07) is 9.03. The number of nitrogens with one attached hydrogen (secondary N) is 2. The molecule has 1 amide bonds. The second-order valence-corrected chi connectivity index (χ2v) is 10.8. The summed E-state index contributed by atoms with van der Waals surface area (Å²) in [6.45, 7) is 9.63. The summed E-state index contributed by atoms with van der Waals surface area (Å²) in [5, 5.41) is 10.1. The lowest BCUT2D eigenvalue weighted by Gasteiger charge is -2.28. The minimum Gasteiger partial charge on any atom is -0.478 e. The molecule has 0 spiro atoms. The van der Waals surface area contributed by atoms with Crippen molar-refractivity contribution in [1.82, 2.24) is 20.0 Å². The van der Waals surface area contributed by atoms with Crippen molar-refractivity contribution in [2.45, 2.75) is 58.4 Å². The van der Waals surface area contributed by atoms with Gasteiger partial charge < -0.3 is 19.5 Å². The van der Waals surface area contributed by atoms with E-state index >= 15 is 0 Å². The molecule has 2 N–H and O–H groups in total. The molecule has 4 rings (SSSR count). The molecule has 9 nitrogen and oxygen atoms in total. The molecule has 0 atom stereocenters. The lowest BCUT2D eigenvalue weighted by Crippen LogP contribution is -2.30. The van der Waals surface area contributed by atoms with Gasteiger partial charge in [-0.05, 0) is 75.5 Å². The topological polar surface area (TPSA) is 105 Å². The molecular formula is C28H38N6O3. The first-order chi connectivity index (χ1) is 17.8. The van der Waals surface area contributed by atoms with Crippen LogP contribution in [0.2, 0.25) is 0 Å². The molecule has 1 aliphatic rings. The molecule has 3 aromatic heterocycles. The van der Waals surface area contributed by atoms with Crippen molar-refractivity contribution in [2.24, 2.45) is 5.92 Å². The molecule has 0 bridgehead atoms. The van der Waals surface area contributed by atoms with E-state index in [0.717, 1.165) is 23.6 Å². The van der Waals surface area contributed by atoms with E-state index in [4.69, 9.17) is 9.26 Å². The molecule has 0 aromatic carbocycles. The molecule has 1 fully saturated rings. The smallest absolute Gasteiger partial charge is 0.261 e. The zero-order chi connectivity index (χ0) is 26.3. The highest BCUT2D eigenvalue weighted by atomic mass is 16.5. The van der Waals surface area contributed by atoms with Gasteiger partial charge in [0.15, 0.2) is 0 Å². The summed E-state index contributed by atoms with van der Waals surface area (Å²) >= 11 is 0. The maximum absolute atomic E-state index is 12.9. The minimum absolute atomic E-state index is 0.173. The Kier molecular flexibility index (Phi) is 8.76. The second kappa shape index (κ2) is 12.2. The number of likely N-dealkylation sites (tertiary alicyclic amines) is 1. The molecule has 0 radical (unpaired) electrons. The highest BCUT2D eigenvalue weighted by Crippen LogP contribution is 2.25. The predicted octanol–water partition coefficient (Wildman–Crippen LogP) is 5.13. The SMILES string of the molecule is CN1CCC(CCCOc2cc(CNc3ncccc3C(=O)Nc3cc(C(C)(C)C)no3)ccn2)CC1. The number of rotatable bonds is 10. The fraction of sp³-hybridized carbons (Fsp3) is 0.500. The summed E-state index contributed by atoms with van der Waals surface area (Å²) < 4.78 is 11.2. The molecule has 0 aliphatic carbocycles. The molecular weight excluding hydrogens is 468 g/mol. The minimum atomic E-state index is -0.324. The first-order valence-electron chi connectivity index (χ1n) is 13.0. The molecule has 9 heteroatoms. The number of aromatic nitrogens is 3. The fourth-order valence-electron chi connectivity index (χ4n) is 4.32. The Balaban J connectivity index is 1.28. The van der Waals surface area contributed by atoms with Crippen LogP contribution in [0.3, 0.4) is 0 Å². The quantitative estimate of drug-likeness (QED) is 0.365. The van der Waals surface area contributed by atoms with E-state index in [1.807, 2.05) is 32.9 Å². The summed E-state index contributed by atoms with van der Waals surface area (Å²) in [4.78, 5) is 24.0. The van der Waals surface area contributed by atoms with Gasteiger partial charge in [0.2, 0.25) is 11.8 Å². The Morgan fingerprint density at radius 1 is 1.16 bits per heavy atom. The number of carbonyl (C=O) groups is 1.